The highest BCUT2D eigenvalue weighted by Gasteiger charge is 2.23. The van der Waals surface area contributed by atoms with Crippen LogP contribution in [-0.4, -0.2) is 0 Å². The van der Waals surface area contributed by atoms with E-state index < -0.39 is 0 Å². The van der Waals surface area contributed by atoms with Gasteiger partial charge in [-0.2, -0.15) is 11.3 Å². The first-order valence-electron chi connectivity index (χ1n) is 5.77. The van der Waals surface area contributed by atoms with E-state index in [1.165, 1.54) is 29.7 Å². The van der Waals surface area contributed by atoms with Gasteiger partial charge >= 0.3 is 0 Å². The lowest BCUT2D eigenvalue weighted by atomic mass is 10.1. The summed E-state index contributed by atoms with van der Waals surface area (Å²) in [5.41, 5.74) is 4.13. The Kier molecular flexibility index (Phi) is 2.66. The third-order valence-corrected chi connectivity index (χ3v) is 3.70. The summed E-state index contributed by atoms with van der Waals surface area (Å²) in [4.78, 5) is 0. The summed E-state index contributed by atoms with van der Waals surface area (Å²) in [5.74, 6) is 0.848. The molecule has 16 heavy (non-hydrogen) atoms. The van der Waals surface area contributed by atoms with Crippen molar-refractivity contribution in [3.63, 3.8) is 0 Å². The monoisotopic (exact) mass is 229 g/mol. The van der Waals surface area contributed by atoms with E-state index in [1.807, 2.05) is 0 Å². The van der Waals surface area contributed by atoms with E-state index in [2.05, 4.69) is 46.4 Å². The third-order valence-electron chi connectivity index (χ3n) is 3.02. The van der Waals surface area contributed by atoms with Gasteiger partial charge in [-0.3, -0.25) is 0 Å². The number of benzene rings is 1. The quantitative estimate of drug-likeness (QED) is 0.827. The summed E-state index contributed by atoms with van der Waals surface area (Å²) in [6.07, 6.45) is 2.75. The summed E-state index contributed by atoms with van der Waals surface area (Å²) < 4.78 is 0. The topological polar surface area (TPSA) is 12.0 Å². The fraction of sp³-hybridized carbons (Fsp3) is 0.286. The van der Waals surface area contributed by atoms with Crippen LogP contribution in [0.25, 0.3) is 0 Å². The Morgan fingerprint density at radius 2 is 2.19 bits per heavy atom. The second kappa shape index (κ2) is 4.30. The first-order valence-corrected chi connectivity index (χ1v) is 6.71. The molecule has 1 heterocycles. The van der Waals surface area contributed by atoms with Crippen molar-refractivity contribution < 1.29 is 0 Å². The maximum absolute atomic E-state index is 3.44. The number of thiophene rings is 1. The predicted molar refractivity (Wildman–Crippen MR) is 70.1 cm³/mol. The van der Waals surface area contributed by atoms with Gasteiger partial charge in [-0.1, -0.05) is 24.3 Å². The fourth-order valence-electron chi connectivity index (χ4n) is 1.94. The van der Waals surface area contributed by atoms with Crippen LogP contribution in [0, 0.1) is 0 Å². The normalized spacial score (nSPS) is 15.0. The third kappa shape index (κ3) is 2.27. The van der Waals surface area contributed by atoms with Crippen molar-refractivity contribution in [2.24, 2.45) is 0 Å². The molecule has 1 aliphatic carbocycles. The molecule has 1 aromatic heterocycles. The number of anilines is 1. The molecule has 3 rings (SSSR count). The number of hydrogen-bond donors (Lipinski definition) is 1. The molecule has 0 aliphatic heterocycles. The van der Waals surface area contributed by atoms with Gasteiger partial charge in [-0.05, 0) is 41.3 Å². The molecule has 1 aromatic carbocycles. The number of nitrogens with one attached hydrogen (secondary N) is 1. The fourth-order valence-corrected chi connectivity index (χ4v) is 2.56. The molecule has 1 N–H and O–H groups in total. The zero-order valence-electron chi connectivity index (χ0n) is 9.15. The summed E-state index contributed by atoms with van der Waals surface area (Å²) in [5, 5.41) is 7.68. The summed E-state index contributed by atoms with van der Waals surface area (Å²) in [7, 11) is 0. The minimum absolute atomic E-state index is 0.848. The van der Waals surface area contributed by atoms with Crippen molar-refractivity contribution in [3.05, 3.63) is 52.2 Å². The number of hydrogen-bond acceptors (Lipinski definition) is 2. The van der Waals surface area contributed by atoms with Gasteiger partial charge in [-0.25, -0.2) is 0 Å². The smallest absolute Gasteiger partial charge is 0.0451 e. The first kappa shape index (κ1) is 9.91. The van der Waals surface area contributed by atoms with Crippen molar-refractivity contribution in [2.45, 2.75) is 25.3 Å². The summed E-state index contributed by atoms with van der Waals surface area (Å²) >= 11 is 1.73. The molecule has 1 fully saturated rings. The van der Waals surface area contributed by atoms with E-state index in [4.69, 9.17) is 0 Å². The molecule has 0 atom stereocenters. The Morgan fingerprint density at radius 1 is 1.25 bits per heavy atom. The predicted octanol–water partition coefficient (Wildman–Crippen LogP) is 4.24. The molecular formula is C14H15NS. The van der Waals surface area contributed by atoms with E-state index in [0.717, 1.165) is 12.5 Å². The molecule has 0 bridgehead atoms. The van der Waals surface area contributed by atoms with Crippen molar-refractivity contribution in [1.82, 2.24) is 0 Å². The van der Waals surface area contributed by atoms with Crippen molar-refractivity contribution in [2.75, 3.05) is 5.32 Å². The average molecular weight is 229 g/mol. The van der Waals surface area contributed by atoms with Gasteiger partial charge in [0.15, 0.2) is 0 Å². The average Bonchev–Trinajstić information content (AvgIpc) is 3.05. The van der Waals surface area contributed by atoms with Crippen molar-refractivity contribution in [1.29, 1.82) is 0 Å². The molecule has 0 radical (unpaired) electrons. The Bertz CT molecular complexity index is 457. The van der Waals surface area contributed by atoms with Gasteiger partial charge < -0.3 is 5.32 Å². The van der Waals surface area contributed by atoms with E-state index in [9.17, 15) is 0 Å². The Labute approximate surface area is 100 Å². The van der Waals surface area contributed by atoms with Crippen LogP contribution in [0.15, 0.2) is 41.1 Å². The Morgan fingerprint density at radius 3 is 2.94 bits per heavy atom. The van der Waals surface area contributed by atoms with Crippen LogP contribution < -0.4 is 5.32 Å². The highest BCUT2D eigenvalue weighted by Crippen LogP contribution is 2.40. The molecule has 2 heteroatoms. The molecule has 1 aliphatic rings. The lowest BCUT2D eigenvalue weighted by molar-refractivity contribution is 1.09. The zero-order chi connectivity index (χ0) is 10.8. The minimum atomic E-state index is 0.848. The van der Waals surface area contributed by atoms with Crippen LogP contribution in [0.1, 0.15) is 29.9 Å². The molecule has 2 aromatic rings. The summed E-state index contributed by atoms with van der Waals surface area (Å²) in [6, 6.07) is 11.1. The largest absolute Gasteiger partial charge is 0.380 e. The maximum atomic E-state index is 3.44. The van der Waals surface area contributed by atoms with Crippen LogP contribution in [-0.2, 0) is 6.54 Å². The molecule has 1 nitrogen and oxygen atoms in total. The second-order valence-electron chi connectivity index (χ2n) is 4.38. The number of rotatable bonds is 4. The highest BCUT2D eigenvalue weighted by atomic mass is 32.1. The lowest BCUT2D eigenvalue weighted by Crippen LogP contribution is -1.98. The van der Waals surface area contributed by atoms with E-state index in [1.54, 1.807) is 11.3 Å². The Hall–Kier alpha value is -1.28. The lowest BCUT2D eigenvalue weighted by Gasteiger charge is -2.06. The second-order valence-corrected chi connectivity index (χ2v) is 5.16. The van der Waals surface area contributed by atoms with Crippen LogP contribution in [0.5, 0.6) is 0 Å². The van der Waals surface area contributed by atoms with Crippen LogP contribution >= 0.6 is 11.3 Å². The standard InChI is InChI=1S/C14H15NS/c1-2-11(8-13(3-1)12-4-5-12)9-15-14-6-7-16-10-14/h1-3,6-8,10,12,15H,4-5,9H2. The Balaban J connectivity index is 1.67. The molecule has 0 spiro atoms. The van der Waals surface area contributed by atoms with Gasteiger partial charge in [0.1, 0.15) is 0 Å². The van der Waals surface area contributed by atoms with Crippen molar-refractivity contribution >= 4 is 17.0 Å². The highest BCUT2D eigenvalue weighted by molar-refractivity contribution is 7.08. The zero-order valence-corrected chi connectivity index (χ0v) is 9.96. The van der Waals surface area contributed by atoms with Gasteiger partial charge in [0.05, 0.1) is 0 Å². The van der Waals surface area contributed by atoms with Gasteiger partial charge in [-0.15, -0.1) is 0 Å². The van der Waals surface area contributed by atoms with Crippen LogP contribution in [0.4, 0.5) is 5.69 Å². The van der Waals surface area contributed by atoms with E-state index >= 15 is 0 Å². The first-order chi connectivity index (χ1) is 7.92. The van der Waals surface area contributed by atoms with Gasteiger partial charge in [0, 0.05) is 17.6 Å². The molecule has 82 valence electrons. The van der Waals surface area contributed by atoms with Gasteiger partial charge in [0.25, 0.3) is 0 Å². The molecule has 0 saturated heterocycles. The minimum Gasteiger partial charge on any atom is -0.380 e. The van der Waals surface area contributed by atoms with Crippen LogP contribution in [0.2, 0.25) is 0 Å². The molecule has 1 saturated carbocycles. The van der Waals surface area contributed by atoms with E-state index in [-0.39, 0.29) is 0 Å². The molecule has 0 unspecified atom stereocenters. The maximum Gasteiger partial charge on any atom is 0.0451 e. The molecule has 0 amide bonds. The SMILES string of the molecule is c1cc(CNc2ccsc2)cc(C2CC2)c1. The van der Waals surface area contributed by atoms with Crippen LogP contribution in [0.3, 0.4) is 0 Å². The summed E-state index contributed by atoms with van der Waals surface area (Å²) in [6.45, 7) is 0.928. The van der Waals surface area contributed by atoms with Crippen molar-refractivity contribution in [3.8, 4) is 0 Å². The van der Waals surface area contributed by atoms with E-state index in [0.29, 0.717) is 0 Å². The molecular weight excluding hydrogens is 214 g/mol. The van der Waals surface area contributed by atoms with Gasteiger partial charge in [0.2, 0.25) is 0 Å².